The smallest absolute Gasteiger partial charge is 0.146 e. The third kappa shape index (κ3) is 2.65. The lowest BCUT2D eigenvalue weighted by Crippen LogP contribution is -2.49. The second-order valence-electron chi connectivity index (χ2n) is 9.65. The zero-order chi connectivity index (χ0) is 18.5. The van der Waals surface area contributed by atoms with Crippen molar-refractivity contribution in [3.63, 3.8) is 0 Å². The quantitative estimate of drug-likeness (QED) is 0.577. The van der Waals surface area contributed by atoms with Gasteiger partial charge in [0.1, 0.15) is 6.79 Å². The number of ether oxygens (including phenoxy) is 2. The van der Waals surface area contributed by atoms with Crippen molar-refractivity contribution in [1.29, 1.82) is 0 Å². The van der Waals surface area contributed by atoms with Gasteiger partial charge in [0.05, 0.1) is 12.2 Å². The SMILES string of the molecule is C/C=C1/[C@H](O)C[C@H]2[C@@H]3CC=C4C[C@@H](OCOC)CC[C@]4(C)[C@H]3CC[C@]12C. The summed E-state index contributed by atoms with van der Waals surface area (Å²) in [5.41, 5.74) is 3.51. The fourth-order valence-corrected chi connectivity index (χ4v) is 7.32. The summed E-state index contributed by atoms with van der Waals surface area (Å²) in [5.74, 6) is 2.14. The average molecular weight is 361 g/mol. The zero-order valence-electron chi connectivity index (χ0n) is 17.0. The molecule has 4 rings (SSSR count). The van der Waals surface area contributed by atoms with Crippen LogP contribution >= 0.6 is 0 Å². The fraction of sp³-hybridized carbons (Fsp3) is 0.826. The molecule has 0 aromatic heterocycles. The van der Waals surface area contributed by atoms with E-state index in [1.54, 1.807) is 12.7 Å². The largest absolute Gasteiger partial charge is 0.389 e. The van der Waals surface area contributed by atoms with E-state index in [-0.39, 0.29) is 11.5 Å². The van der Waals surface area contributed by atoms with Crippen LogP contribution in [0.25, 0.3) is 0 Å². The molecule has 3 fully saturated rings. The zero-order valence-corrected chi connectivity index (χ0v) is 17.0. The van der Waals surface area contributed by atoms with Gasteiger partial charge in [0.2, 0.25) is 0 Å². The number of methoxy groups -OCH3 is 1. The summed E-state index contributed by atoms with van der Waals surface area (Å²) in [6, 6.07) is 0. The molecule has 4 aliphatic rings. The van der Waals surface area contributed by atoms with Crippen molar-refractivity contribution < 1.29 is 14.6 Å². The van der Waals surface area contributed by atoms with E-state index < -0.39 is 0 Å². The molecular formula is C23H36O3. The van der Waals surface area contributed by atoms with E-state index in [2.05, 4.69) is 32.9 Å². The van der Waals surface area contributed by atoms with Gasteiger partial charge in [-0.2, -0.15) is 0 Å². The highest BCUT2D eigenvalue weighted by Crippen LogP contribution is 2.66. The topological polar surface area (TPSA) is 38.7 Å². The van der Waals surface area contributed by atoms with E-state index in [9.17, 15) is 5.11 Å². The van der Waals surface area contributed by atoms with Crippen molar-refractivity contribution in [2.24, 2.45) is 28.6 Å². The van der Waals surface area contributed by atoms with Crippen molar-refractivity contribution in [1.82, 2.24) is 0 Å². The van der Waals surface area contributed by atoms with Gasteiger partial charge < -0.3 is 14.6 Å². The van der Waals surface area contributed by atoms with E-state index in [1.165, 1.54) is 31.3 Å². The molecule has 0 radical (unpaired) electrons. The van der Waals surface area contributed by atoms with E-state index in [1.807, 2.05) is 0 Å². The normalized spacial score (nSPS) is 49.3. The Morgan fingerprint density at radius 3 is 2.69 bits per heavy atom. The van der Waals surface area contributed by atoms with Crippen molar-refractivity contribution in [2.75, 3.05) is 13.9 Å². The summed E-state index contributed by atoms with van der Waals surface area (Å²) in [4.78, 5) is 0. The third-order valence-electron chi connectivity index (χ3n) is 8.68. The van der Waals surface area contributed by atoms with Gasteiger partial charge in [-0.05, 0) is 86.0 Å². The predicted molar refractivity (Wildman–Crippen MR) is 104 cm³/mol. The molecule has 0 heterocycles. The summed E-state index contributed by atoms with van der Waals surface area (Å²) in [6.45, 7) is 7.47. The van der Waals surface area contributed by atoms with Crippen molar-refractivity contribution in [3.05, 3.63) is 23.3 Å². The molecule has 0 amide bonds. The van der Waals surface area contributed by atoms with Gasteiger partial charge in [-0.3, -0.25) is 0 Å². The van der Waals surface area contributed by atoms with Gasteiger partial charge in [-0.15, -0.1) is 0 Å². The first-order chi connectivity index (χ1) is 12.4. The maximum atomic E-state index is 10.7. The highest BCUT2D eigenvalue weighted by Gasteiger charge is 2.58. The molecule has 3 heteroatoms. The van der Waals surface area contributed by atoms with E-state index in [0.29, 0.717) is 24.2 Å². The minimum Gasteiger partial charge on any atom is -0.389 e. The third-order valence-corrected chi connectivity index (χ3v) is 8.68. The molecule has 0 spiro atoms. The summed E-state index contributed by atoms with van der Waals surface area (Å²) >= 11 is 0. The molecule has 0 bridgehead atoms. The number of aliphatic hydroxyl groups is 1. The Labute approximate surface area is 158 Å². The van der Waals surface area contributed by atoms with Crippen LogP contribution in [0.4, 0.5) is 0 Å². The molecule has 7 atom stereocenters. The second-order valence-corrected chi connectivity index (χ2v) is 9.65. The molecule has 4 aliphatic carbocycles. The first kappa shape index (κ1) is 18.7. The van der Waals surface area contributed by atoms with E-state index >= 15 is 0 Å². The maximum Gasteiger partial charge on any atom is 0.146 e. The number of rotatable bonds is 3. The minimum absolute atomic E-state index is 0.217. The van der Waals surface area contributed by atoms with Crippen LogP contribution in [0.15, 0.2) is 23.3 Å². The molecule has 26 heavy (non-hydrogen) atoms. The van der Waals surface area contributed by atoms with Crippen LogP contribution in [0.2, 0.25) is 0 Å². The second kappa shape index (κ2) is 6.76. The standard InChI is InChI=1S/C23H36O3/c1-5-18-21(24)13-20-17-7-6-15-12-16(26-14-25-4)8-10-22(15,2)19(17)9-11-23(18,20)3/h5-6,16-17,19-21,24H,7-14H2,1-4H3/b18-5-/t16-,17+,19-,20-,21+,22-,23+/m0/s1. The van der Waals surface area contributed by atoms with Crippen LogP contribution in [0, 0.1) is 28.6 Å². The van der Waals surface area contributed by atoms with E-state index in [4.69, 9.17) is 9.47 Å². The summed E-state index contributed by atoms with van der Waals surface area (Å²) in [5, 5.41) is 10.7. The van der Waals surface area contributed by atoms with Crippen LogP contribution in [0.1, 0.15) is 65.7 Å². The predicted octanol–water partition coefficient (Wildman–Crippen LogP) is 4.86. The van der Waals surface area contributed by atoms with Crippen molar-refractivity contribution in [3.8, 4) is 0 Å². The molecule has 3 nitrogen and oxygen atoms in total. The summed E-state index contributed by atoms with van der Waals surface area (Å²) in [6.07, 6.45) is 13.0. The molecule has 0 aromatic rings. The first-order valence-electron chi connectivity index (χ1n) is 10.6. The van der Waals surface area contributed by atoms with Gasteiger partial charge in [0, 0.05) is 7.11 Å². The highest BCUT2D eigenvalue weighted by molar-refractivity contribution is 5.31. The summed E-state index contributed by atoms with van der Waals surface area (Å²) < 4.78 is 11.0. The van der Waals surface area contributed by atoms with Gasteiger partial charge in [-0.25, -0.2) is 0 Å². The minimum atomic E-state index is -0.217. The van der Waals surface area contributed by atoms with Crippen molar-refractivity contribution >= 4 is 0 Å². The lowest BCUT2D eigenvalue weighted by Gasteiger charge is -2.57. The highest BCUT2D eigenvalue weighted by atomic mass is 16.7. The Hall–Kier alpha value is -0.640. The van der Waals surface area contributed by atoms with Crippen LogP contribution in [-0.2, 0) is 9.47 Å². The molecule has 3 saturated carbocycles. The van der Waals surface area contributed by atoms with Crippen LogP contribution in [0.3, 0.4) is 0 Å². The fourth-order valence-electron chi connectivity index (χ4n) is 7.32. The Balaban J connectivity index is 1.58. The van der Waals surface area contributed by atoms with Crippen molar-refractivity contribution in [2.45, 2.75) is 77.9 Å². The average Bonchev–Trinajstić information content (AvgIpc) is 2.89. The Bertz CT molecular complexity index is 609. The number of fused-ring (bicyclic) bond motifs is 5. The van der Waals surface area contributed by atoms with Gasteiger partial charge >= 0.3 is 0 Å². The summed E-state index contributed by atoms with van der Waals surface area (Å²) in [7, 11) is 1.70. The lowest BCUT2D eigenvalue weighted by atomic mass is 9.48. The molecule has 0 aliphatic heterocycles. The van der Waals surface area contributed by atoms with Gasteiger partial charge in [0.15, 0.2) is 0 Å². The number of allylic oxidation sites excluding steroid dienone is 2. The number of hydrogen-bond acceptors (Lipinski definition) is 3. The molecule has 1 N–H and O–H groups in total. The Morgan fingerprint density at radius 1 is 1.19 bits per heavy atom. The molecule has 146 valence electrons. The first-order valence-corrected chi connectivity index (χ1v) is 10.6. The van der Waals surface area contributed by atoms with Crippen LogP contribution in [-0.4, -0.2) is 31.2 Å². The van der Waals surface area contributed by atoms with Crippen LogP contribution < -0.4 is 0 Å². The molecule has 0 aromatic carbocycles. The van der Waals surface area contributed by atoms with Crippen LogP contribution in [0.5, 0.6) is 0 Å². The lowest BCUT2D eigenvalue weighted by molar-refractivity contribution is -0.0943. The van der Waals surface area contributed by atoms with Gasteiger partial charge in [0.25, 0.3) is 0 Å². The molecule has 0 unspecified atom stereocenters. The molecule has 0 saturated heterocycles. The number of hydrogen-bond donors (Lipinski definition) is 1. The molecular weight excluding hydrogens is 324 g/mol. The Morgan fingerprint density at radius 2 is 1.96 bits per heavy atom. The Kier molecular flexibility index (Phi) is 4.86. The van der Waals surface area contributed by atoms with Gasteiger partial charge in [-0.1, -0.05) is 31.6 Å². The van der Waals surface area contributed by atoms with E-state index in [0.717, 1.165) is 31.1 Å². The number of aliphatic hydroxyl groups excluding tert-OH is 1. The monoisotopic (exact) mass is 360 g/mol. The maximum absolute atomic E-state index is 10.7.